The van der Waals surface area contributed by atoms with E-state index in [1.807, 2.05) is 0 Å². The van der Waals surface area contributed by atoms with Gasteiger partial charge in [0, 0.05) is 0 Å². The number of nitrogens with one attached hydrogen (secondary N) is 1. The summed E-state index contributed by atoms with van der Waals surface area (Å²) in [6.07, 6.45) is 6.01. The first-order valence-corrected chi connectivity index (χ1v) is 7.52. The molecule has 1 rings (SSSR count). The van der Waals surface area contributed by atoms with E-state index < -0.39 is 11.7 Å². The van der Waals surface area contributed by atoms with Crippen LogP contribution in [-0.4, -0.2) is 31.6 Å². The summed E-state index contributed by atoms with van der Waals surface area (Å²) in [6, 6.07) is 3.46. The summed E-state index contributed by atoms with van der Waals surface area (Å²) >= 11 is 3.38. The summed E-state index contributed by atoms with van der Waals surface area (Å²) < 4.78 is 16.4. The topological polar surface area (TPSA) is 69.2 Å². The maximum Gasteiger partial charge on any atom is 0.428 e. The van der Waals surface area contributed by atoms with E-state index in [0.29, 0.717) is 21.5 Å². The largest absolute Gasteiger partial charge is 0.493 e. The van der Waals surface area contributed by atoms with Gasteiger partial charge in [0.05, 0.1) is 17.8 Å². The molecule has 0 aliphatic rings. The average molecular weight is 383 g/mol. The third-order valence-electron chi connectivity index (χ3n) is 2.32. The summed E-state index contributed by atoms with van der Waals surface area (Å²) in [5, 5.41) is 3.83. The van der Waals surface area contributed by atoms with Crippen molar-refractivity contribution in [2.75, 3.05) is 13.7 Å². The molecule has 0 radical (unpaired) electrons. The molecule has 124 valence electrons. The van der Waals surface area contributed by atoms with E-state index >= 15 is 0 Å². The average Bonchev–Trinajstić information content (AvgIpc) is 2.43. The molecule has 0 aliphatic heterocycles. The molecule has 1 amide bonds. The molecule has 1 aromatic carbocycles. The number of methoxy groups -OCH3 is 1. The van der Waals surface area contributed by atoms with Gasteiger partial charge in [0.2, 0.25) is 0 Å². The Labute approximate surface area is 144 Å². The van der Waals surface area contributed by atoms with Crippen molar-refractivity contribution in [1.29, 1.82) is 0 Å². The number of benzene rings is 1. The summed E-state index contributed by atoms with van der Waals surface area (Å²) in [5.41, 5.74) is 2.40. The molecule has 0 saturated heterocycles. The van der Waals surface area contributed by atoms with Crippen molar-refractivity contribution in [1.82, 2.24) is 5.43 Å². The highest BCUT2D eigenvalue weighted by Gasteiger charge is 2.15. The molecule has 6 nitrogen and oxygen atoms in total. The lowest BCUT2D eigenvalue weighted by atomic mass is 10.2. The zero-order chi connectivity index (χ0) is 17.5. The first-order valence-electron chi connectivity index (χ1n) is 6.72. The molecule has 0 bridgehead atoms. The van der Waals surface area contributed by atoms with Crippen molar-refractivity contribution in [2.24, 2.45) is 5.10 Å². The fourth-order valence-electron chi connectivity index (χ4n) is 1.53. The number of amides is 1. The SMILES string of the molecule is C#CCOc1c(Br)cc(/C=N\NC(=O)OC(C)(C)C)cc1OC. The Kier molecular flexibility index (Phi) is 6.91. The number of hydrazone groups is 1. The van der Waals surface area contributed by atoms with Crippen LogP contribution in [0, 0.1) is 12.3 Å². The molecule has 1 aromatic rings. The number of hydrogen-bond acceptors (Lipinski definition) is 5. The van der Waals surface area contributed by atoms with E-state index in [9.17, 15) is 4.79 Å². The molecule has 0 spiro atoms. The number of halogens is 1. The van der Waals surface area contributed by atoms with Crippen LogP contribution in [0.2, 0.25) is 0 Å². The second-order valence-corrected chi connectivity index (χ2v) is 6.25. The third kappa shape index (κ3) is 6.61. The molecule has 0 unspecified atom stereocenters. The van der Waals surface area contributed by atoms with Crippen LogP contribution in [0.4, 0.5) is 4.79 Å². The maximum absolute atomic E-state index is 11.5. The number of terminal acetylenes is 1. The van der Waals surface area contributed by atoms with Gasteiger partial charge in [-0.15, -0.1) is 6.42 Å². The molecular weight excluding hydrogens is 364 g/mol. The van der Waals surface area contributed by atoms with Crippen LogP contribution >= 0.6 is 15.9 Å². The van der Waals surface area contributed by atoms with E-state index in [4.69, 9.17) is 20.6 Å². The monoisotopic (exact) mass is 382 g/mol. The molecule has 0 atom stereocenters. The quantitative estimate of drug-likeness (QED) is 0.481. The molecule has 0 aliphatic carbocycles. The van der Waals surface area contributed by atoms with Gasteiger partial charge in [-0.25, -0.2) is 10.2 Å². The number of nitrogens with zero attached hydrogens (tertiary/aromatic N) is 1. The molecular formula is C16H19BrN2O4. The number of ether oxygens (including phenoxy) is 3. The molecule has 7 heteroatoms. The molecule has 0 heterocycles. The second-order valence-electron chi connectivity index (χ2n) is 5.40. The lowest BCUT2D eigenvalue weighted by molar-refractivity contribution is 0.0529. The molecule has 0 fully saturated rings. The molecule has 23 heavy (non-hydrogen) atoms. The van der Waals surface area contributed by atoms with Crippen molar-refractivity contribution in [3.05, 3.63) is 22.2 Å². The Morgan fingerprint density at radius 1 is 1.48 bits per heavy atom. The van der Waals surface area contributed by atoms with Gasteiger partial charge < -0.3 is 14.2 Å². The Morgan fingerprint density at radius 2 is 2.17 bits per heavy atom. The predicted molar refractivity (Wildman–Crippen MR) is 92.0 cm³/mol. The van der Waals surface area contributed by atoms with Crippen molar-refractivity contribution in [2.45, 2.75) is 26.4 Å². The standard InChI is InChI=1S/C16H19BrN2O4/c1-6-7-22-14-12(17)8-11(9-13(14)21-5)10-18-19-15(20)23-16(2,3)4/h1,8-10H,7H2,2-5H3,(H,19,20)/b18-10-. The van der Waals surface area contributed by atoms with Crippen molar-refractivity contribution in [3.8, 4) is 23.8 Å². The van der Waals surface area contributed by atoms with Crippen LogP contribution in [0.5, 0.6) is 11.5 Å². The summed E-state index contributed by atoms with van der Waals surface area (Å²) in [7, 11) is 1.52. The van der Waals surface area contributed by atoms with Crippen LogP contribution in [0.3, 0.4) is 0 Å². The zero-order valence-electron chi connectivity index (χ0n) is 13.5. The Bertz CT molecular complexity index is 630. The normalized spacial score (nSPS) is 11.0. The van der Waals surface area contributed by atoms with Crippen LogP contribution in [-0.2, 0) is 4.74 Å². The van der Waals surface area contributed by atoms with Crippen molar-refractivity contribution < 1.29 is 19.0 Å². The minimum atomic E-state index is -0.631. The Balaban J connectivity index is 2.82. The van der Waals surface area contributed by atoms with Gasteiger partial charge in [-0.1, -0.05) is 5.92 Å². The van der Waals surface area contributed by atoms with E-state index in [1.165, 1.54) is 13.3 Å². The number of carbonyl (C=O) groups excluding carboxylic acids is 1. The number of carbonyl (C=O) groups is 1. The van der Waals surface area contributed by atoms with Crippen LogP contribution in [0.15, 0.2) is 21.7 Å². The minimum Gasteiger partial charge on any atom is -0.493 e. The predicted octanol–water partition coefficient (Wildman–Crippen LogP) is 3.33. The lowest BCUT2D eigenvalue weighted by Gasteiger charge is -2.18. The Morgan fingerprint density at radius 3 is 2.74 bits per heavy atom. The smallest absolute Gasteiger partial charge is 0.428 e. The Hall–Kier alpha value is -2.20. The second kappa shape index (κ2) is 8.44. The van der Waals surface area contributed by atoms with Crippen LogP contribution in [0.1, 0.15) is 26.3 Å². The highest BCUT2D eigenvalue weighted by atomic mass is 79.9. The van der Waals surface area contributed by atoms with Crippen LogP contribution in [0.25, 0.3) is 0 Å². The van der Waals surface area contributed by atoms with Gasteiger partial charge in [-0.2, -0.15) is 5.10 Å². The van der Waals surface area contributed by atoms with Gasteiger partial charge in [0.1, 0.15) is 12.2 Å². The molecule has 0 saturated carbocycles. The van der Waals surface area contributed by atoms with Gasteiger partial charge in [-0.05, 0) is 54.4 Å². The third-order valence-corrected chi connectivity index (χ3v) is 2.91. The summed E-state index contributed by atoms with van der Waals surface area (Å²) in [5.74, 6) is 3.38. The van der Waals surface area contributed by atoms with E-state index in [0.717, 1.165) is 0 Å². The van der Waals surface area contributed by atoms with Gasteiger partial charge in [-0.3, -0.25) is 0 Å². The summed E-state index contributed by atoms with van der Waals surface area (Å²) in [4.78, 5) is 11.5. The van der Waals surface area contributed by atoms with E-state index in [1.54, 1.807) is 32.9 Å². The van der Waals surface area contributed by atoms with Crippen LogP contribution < -0.4 is 14.9 Å². The molecule has 1 N–H and O–H groups in total. The number of rotatable bonds is 5. The lowest BCUT2D eigenvalue weighted by Crippen LogP contribution is -2.29. The first kappa shape index (κ1) is 18.8. The van der Waals surface area contributed by atoms with Gasteiger partial charge >= 0.3 is 6.09 Å². The summed E-state index contributed by atoms with van der Waals surface area (Å²) in [6.45, 7) is 5.44. The first-order chi connectivity index (χ1) is 10.8. The van der Waals surface area contributed by atoms with Gasteiger partial charge in [0.25, 0.3) is 0 Å². The van der Waals surface area contributed by atoms with Crippen molar-refractivity contribution in [3.63, 3.8) is 0 Å². The van der Waals surface area contributed by atoms with E-state index in [2.05, 4.69) is 32.4 Å². The van der Waals surface area contributed by atoms with Gasteiger partial charge in [0.15, 0.2) is 11.5 Å². The van der Waals surface area contributed by atoms with Crippen molar-refractivity contribution >= 4 is 28.2 Å². The highest BCUT2D eigenvalue weighted by molar-refractivity contribution is 9.10. The fourth-order valence-corrected chi connectivity index (χ4v) is 2.10. The molecule has 0 aromatic heterocycles. The fraction of sp³-hybridized carbons (Fsp3) is 0.375. The highest BCUT2D eigenvalue weighted by Crippen LogP contribution is 2.36. The zero-order valence-corrected chi connectivity index (χ0v) is 15.1. The number of hydrogen-bond donors (Lipinski definition) is 1. The van der Waals surface area contributed by atoms with E-state index in [-0.39, 0.29) is 6.61 Å². The minimum absolute atomic E-state index is 0.128. The maximum atomic E-state index is 11.5.